The molecule has 0 aromatic heterocycles. The molecule has 2 nitrogen and oxygen atoms in total. The number of allylic oxidation sites excluding steroid dienone is 3. The summed E-state index contributed by atoms with van der Waals surface area (Å²) >= 11 is 0. The fourth-order valence-electron chi connectivity index (χ4n) is 3.66. The van der Waals surface area contributed by atoms with E-state index in [1.165, 1.54) is 6.42 Å². The lowest BCUT2D eigenvalue weighted by Gasteiger charge is -2.28. The number of esters is 1. The van der Waals surface area contributed by atoms with E-state index in [0.717, 1.165) is 0 Å². The van der Waals surface area contributed by atoms with Crippen LogP contribution >= 0.6 is 0 Å². The molecule has 3 aliphatic carbocycles. The molecule has 0 N–H and O–H groups in total. The zero-order chi connectivity index (χ0) is 8.79. The van der Waals surface area contributed by atoms with Gasteiger partial charge in [-0.15, -0.1) is 0 Å². The maximum Gasteiger partial charge on any atom is 0.312 e. The molecule has 0 radical (unpaired) electrons. The Hall–Kier alpha value is -1.05. The highest BCUT2D eigenvalue weighted by Crippen LogP contribution is 2.78. The van der Waals surface area contributed by atoms with Crippen molar-refractivity contribution in [2.45, 2.75) is 6.42 Å². The third-order valence-electron chi connectivity index (χ3n) is 4.36. The third-order valence-corrected chi connectivity index (χ3v) is 4.36. The van der Waals surface area contributed by atoms with Gasteiger partial charge in [0.05, 0.1) is 5.92 Å². The summed E-state index contributed by atoms with van der Waals surface area (Å²) in [6, 6.07) is 0. The van der Waals surface area contributed by atoms with Gasteiger partial charge in [0.1, 0.15) is 0 Å². The molecule has 1 saturated heterocycles. The first-order valence-corrected chi connectivity index (χ1v) is 4.77. The van der Waals surface area contributed by atoms with Crippen LogP contribution in [0.2, 0.25) is 0 Å². The maximum atomic E-state index is 11.5. The van der Waals surface area contributed by atoms with Gasteiger partial charge in [0.2, 0.25) is 0 Å². The summed E-state index contributed by atoms with van der Waals surface area (Å²) in [6.45, 7) is 5.72. The van der Waals surface area contributed by atoms with Crippen LogP contribution in [0.25, 0.3) is 0 Å². The minimum atomic E-state index is -0.0941. The number of hydrogen-bond donors (Lipinski definition) is 0. The Kier molecular flexibility index (Phi) is 0.736. The van der Waals surface area contributed by atoms with Gasteiger partial charge in [-0.25, -0.2) is 0 Å². The van der Waals surface area contributed by atoms with E-state index >= 15 is 0 Å². The van der Waals surface area contributed by atoms with E-state index in [4.69, 9.17) is 11.3 Å². The summed E-state index contributed by atoms with van der Waals surface area (Å²) in [5.41, 5.74) is 0.374. The molecular formula is C11H9O2-. The van der Waals surface area contributed by atoms with Crippen LogP contribution in [0, 0.1) is 35.7 Å². The Morgan fingerprint density at radius 2 is 2.38 bits per heavy atom. The number of cyclic esters (lactones) is 1. The zero-order valence-electron chi connectivity index (χ0n) is 7.07. The van der Waals surface area contributed by atoms with Crippen LogP contribution in [-0.4, -0.2) is 5.97 Å². The Labute approximate surface area is 76.3 Å². The Bertz CT molecular complexity index is 382. The van der Waals surface area contributed by atoms with E-state index in [2.05, 4.69) is 12.2 Å². The fourth-order valence-corrected chi connectivity index (χ4v) is 3.66. The van der Waals surface area contributed by atoms with Crippen LogP contribution in [0.4, 0.5) is 0 Å². The van der Waals surface area contributed by atoms with Crippen molar-refractivity contribution in [2.75, 3.05) is 0 Å². The number of fused-ring (bicyclic) bond motifs is 3. The lowest BCUT2D eigenvalue weighted by Crippen LogP contribution is -2.28. The van der Waals surface area contributed by atoms with Crippen LogP contribution in [-0.2, 0) is 9.53 Å². The van der Waals surface area contributed by atoms with Crippen molar-refractivity contribution in [3.05, 3.63) is 24.5 Å². The Morgan fingerprint density at radius 1 is 1.54 bits per heavy atom. The van der Waals surface area contributed by atoms with Gasteiger partial charge in [-0.1, -0.05) is 17.9 Å². The third kappa shape index (κ3) is 0.454. The molecule has 3 unspecified atom stereocenters. The molecule has 5 atom stereocenters. The van der Waals surface area contributed by atoms with Crippen molar-refractivity contribution < 1.29 is 9.53 Å². The number of ether oxygens (including phenoxy) is 1. The largest absolute Gasteiger partial charge is 0.472 e. The Balaban J connectivity index is 1.88. The van der Waals surface area contributed by atoms with Gasteiger partial charge >= 0.3 is 5.97 Å². The highest BCUT2D eigenvalue weighted by molar-refractivity contribution is 5.80. The highest BCUT2D eigenvalue weighted by atomic mass is 16.5. The first kappa shape index (κ1) is 6.41. The van der Waals surface area contributed by atoms with Crippen LogP contribution in [0.3, 0.4) is 0 Å². The molecule has 3 fully saturated rings. The molecule has 0 aromatic rings. The zero-order valence-corrected chi connectivity index (χ0v) is 7.07. The standard InChI is InChI=1S/C11H9O2/c1-5-8-7-4-11(7)3-2-6(11)9(8)10(12)13-5/h1-3,6-9H,4H2/q-1/t6?,7?,8-,9+,11?/m0/s1. The summed E-state index contributed by atoms with van der Waals surface area (Å²) in [6.07, 6.45) is 5.64. The van der Waals surface area contributed by atoms with E-state index in [9.17, 15) is 4.79 Å². The second-order valence-corrected chi connectivity index (χ2v) is 4.68. The van der Waals surface area contributed by atoms with Crippen molar-refractivity contribution >= 4 is 5.97 Å². The van der Waals surface area contributed by atoms with E-state index in [1.54, 1.807) is 0 Å². The topological polar surface area (TPSA) is 26.3 Å². The number of carbonyl (C=O) groups excluding carboxylic acids is 1. The van der Waals surface area contributed by atoms with Gasteiger partial charge in [-0.3, -0.25) is 4.79 Å². The number of hydrogen-bond acceptors (Lipinski definition) is 2. The van der Waals surface area contributed by atoms with Gasteiger partial charge < -0.3 is 11.3 Å². The molecule has 13 heavy (non-hydrogen) atoms. The normalized spacial score (nSPS) is 59.4. The monoisotopic (exact) mass is 173 g/mol. The van der Waals surface area contributed by atoms with Gasteiger partial charge in [0, 0.05) is 11.8 Å². The van der Waals surface area contributed by atoms with Crippen molar-refractivity contribution in [3.8, 4) is 0 Å². The lowest BCUT2D eigenvalue weighted by atomic mass is 9.74. The molecule has 0 aromatic carbocycles. The van der Waals surface area contributed by atoms with Crippen LogP contribution in [0.15, 0.2) is 17.9 Å². The number of carbonyl (C=O) groups is 1. The van der Waals surface area contributed by atoms with Crippen LogP contribution in [0.5, 0.6) is 0 Å². The SMILES string of the molecule is [CH-]=C1OC(=O)[C@@H]2C3C=CC34CC4[C@H]12. The van der Waals surface area contributed by atoms with E-state index in [1.807, 2.05) is 0 Å². The molecule has 1 spiro atoms. The molecule has 0 amide bonds. The maximum absolute atomic E-state index is 11.5. The fraction of sp³-hybridized carbons (Fsp3) is 0.545. The van der Waals surface area contributed by atoms with Crippen molar-refractivity contribution in [3.63, 3.8) is 0 Å². The number of rotatable bonds is 0. The molecule has 1 aliphatic heterocycles. The quantitative estimate of drug-likeness (QED) is 0.313. The van der Waals surface area contributed by atoms with Crippen molar-refractivity contribution in [1.82, 2.24) is 0 Å². The molecule has 4 rings (SSSR count). The predicted octanol–water partition coefficient (Wildman–Crippen LogP) is 1.30. The van der Waals surface area contributed by atoms with E-state index < -0.39 is 0 Å². The van der Waals surface area contributed by atoms with Gasteiger partial charge in [-0.05, 0) is 17.8 Å². The van der Waals surface area contributed by atoms with Crippen molar-refractivity contribution in [2.24, 2.45) is 29.1 Å². The average molecular weight is 173 g/mol. The molecule has 2 heteroatoms. The molecular weight excluding hydrogens is 164 g/mol. The Morgan fingerprint density at radius 3 is 3.08 bits per heavy atom. The summed E-state index contributed by atoms with van der Waals surface area (Å²) in [5, 5.41) is 0. The summed E-state index contributed by atoms with van der Waals surface area (Å²) in [5.74, 6) is 1.72. The molecule has 4 aliphatic rings. The lowest BCUT2D eigenvalue weighted by molar-refractivity contribution is -0.140. The van der Waals surface area contributed by atoms with E-state index in [0.29, 0.717) is 23.0 Å². The molecule has 1 heterocycles. The average Bonchev–Trinajstić information content (AvgIpc) is 2.68. The van der Waals surface area contributed by atoms with Crippen LogP contribution in [0.1, 0.15) is 6.42 Å². The van der Waals surface area contributed by atoms with Gasteiger partial charge in [0.15, 0.2) is 0 Å². The van der Waals surface area contributed by atoms with E-state index in [-0.39, 0.29) is 17.8 Å². The minimum absolute atomic E-state index is 0.0590. The van der Waals surface area contributed by atoms with Crippen LogP contribution < -0.4 is 0 Å². The van der Waals surface area contributed by atoms with Crippen molar-refractivity contribution in [1.29, 1.82) is 0 Å². The summed E-state index contributed by atoms with van der Waals surface area (Å²) in [4.78, 5) is 11.5. The molecule has 66 valence electrons. The predicted molar refractivity (Wildman–Crippen MR) is 44.1 cm³/mol. The molecule has 0 bridgehead atoms. The second-order valence-electron chi connectivity index (χ2n) is 4.68. The first-order chi connectivity index (χ1) is 6.24. The summed E-state index contributed by atoms with van der Waals surface area (Å²) in [7, 11) is 0. The van der Waals surface area contributed by atoms with Gasteiger partial charge in [-0.2, -0.15) is 0 Å². The summed E-state index contributed by atoms with van der Waals surface area (Å²) < 4.78 is 5.00. The van der Waals surface area contributed by atoms with Gasteiger partial charge in [0.25, 0.3) is 0 Å². The second kappa shape index (κ2) is 1.49. The highest BCUT2D eigenvalue weighted by Gasteiger charge is 2.75. The minimum Gasteiger partial charge on any atom is -0.472 e. The first-order valence-electron chi connectivity index (χ1n) is 4.77. The smallest absolute Gasteiger partial charge is 0.312 e. The molecule has 2 saturated carbocycles.